The average Bonchev–Trinajstić information content (AvgIpc) is 2.39. The first kappa shape index (κ1) is 11.6. The molecule has 0 aromatic heterocycles. The molecule has 0 bridgehead atoms. The Kier molecular flexibility index (Phi) is 3.93. The lowest BCUT2D eigenvalue weighted by molar-refractivity contribution is 0.186. The first-order valence-corrected chi connectivity index (χ1v) is 6.00. The lowest BCUT2D eigenvalue weighted by Gasteiger charge is -2.23. The molecule has 1 aliphatic rings. The van der Waals surface area contributed by atoms with Crippen LogP contribution in [0.3, 0.4) is 0 Å². The third kappa shape index (κ3) is 2.61. The van der Waals surface area contributed by atoms with Crippen LogP contribution in [0.5, 0.6) is 0 Å². The Morgan fingerprint density at radius 1 is 1.38 bits per heavy atom. The molecule has 2 rings (SSSR count). The molecule has 1 fully saturated rings. The molecule has 0 amide bonds. The second-order valence-electron chi connectivity index (χ2n) is 4.45. The van der Waals surface area contributed by atoms with Crippen molar-refractivity contribution in [2.75, 3.05) is 19.6 Å². The standard InChI is InChI=1S/C13H20N2O/c14-9-13(16)12-3-1-2-11(8-12)10-4-6-15-7-5-10/h1-3,8,10,13,15-16H,4-7,9,14H2. The van der Waals surface area contributed by atoms with Crippen LogP contribution in [-0.2, 0) is 0 Å². The number of nitrogens with one attached hydrogen (secondary N) is 1. The third-order valence-electron chi connectivity index (χ3n) is 3.33. The molecule has 1 heterocycles. The van der Waals surface area contributed by atoms with Gasteiger partial charge in [-0.05, 0) is 43.0 Å². The summed E-state index contributed by atoms with van der Waals surface area (Å²) in [7, 11) is 0. The summed E-state index contributed by atoms with van der Waals surface area (Å²) in [4.78, 5) is 0. The van der Waals surface area contributed by atoms with Crippen molar-refractivity contribution in [3.8, 4) is 0 Å². The minimum Gasteiger partial charge on any atom is -0.387 e. The van der Waals surface area contributed by atoms with Gasteiger partial charge in [-0.2, -0.15) is 0 Å². The highest BCUT2D eigenvalue weighted by Crippen LogP contribution is 2.27. The van der Waals surface area contributed by atoms with E-state index in [1.807, 2.05) is 12.1 Å². The molecule has 4 N–H and O–H groups in total. The second kappa shape index (κ2) is 5.43. The van der Waals surface area contributed by atoms with Crippen molar-refractivity contribution in [3.05, 3.63) is 35.4 Å². The predicted molar refractivity (Wildman–Crippen MR) is 65.3 cm³/mol. The van der Waals surface area contributed by atoms with E-state index in [9.17, 15) is 5.11 Å². The fourth-order valence-electron chi connectivity index (χ4n) is 2.31. The maximum absolute atomic E-state index is 9.71. The second-order valence-corrected chi connectivity index (χ2v) is 4.45. The zero-order valence-electron chi connectivity index (χ0n) is 9.52. The van der Waals surface area contributed by atoms with Gasteiger partial charge in [-0.3, -0.25) is 0 Å². The first-order chi connectivity index (χ1) is 7.81. The van der Waals surface area contributed by atoms with Crippen molar-refractivity contribution in [1.82, 2.24) is 5.32 Å². The van der Waals surface area contributed by atoms with Crippen LogP contribution in [0.4, 0.5) is 0 Å². The van der Waals surface area contributed by atoms with E-state index in [2.05, 4.69) is 17.4 Å². The smallest absolute Gasteiger partial charge is 0.0912 e. The minimum atomic E-state index is -0.526. The summed E-state index contributed by atoms with van der Waals surface area (Å²) >= 11 is 0. The van der Waals surface area contributed by atoms with Crippen molar-refractivity contribution >= 4 is 0 Å². The van der Waals surface area contributed by atoms with Gasteiger partial charge in [0.2, 0.25) is 0 Å². The highest BCUT2D eigenvalue weighted by atomic mass is 16.3. The van der Waals surface area contributed by atoms with Gasteiger partial charge < -0.3 is 16.2 Å². The Balaban J connectivity index is 2.14. The Hall–Kier alpha value is -0.900. The average molecular weight is 220 g/mol. The predicted octanol–water partition coefficient (Wildman–Crippen LogP) is 1.15. The molecule has 0 radical (unpaired) electrons. The van der Waals surface area contributed by atoms with Gasteiger partial charge in [0.15, 0.2) is 0 Å². The van der Waals surface area contributed by atoms with Crippen LogP contribution in [0, 0.1) is 0 Å². The maximum atomic E-state index is 9.71. The quantitative estimate of drug-likeness (QED) is 0.716. The van der Waals surface area contributed by atoms with Crippen LogP contribution in [0.25, 0.3) is 0 Å². The van der Waals surface area contributed by atoms with Crippen LogP contribution in [0.1, 0.15) is 36.0 Å². The van der Waals surface area contributed by atoms with E-state index in [0.29, 0.717) is 5.92 Å². The zero-order valence-corrected chi connectivity index (χ0v) is 9.52. The maximum Gasteiger partial charge on any atom is 0.0912 e. The molecule has 0 spiro atoms. The van der Waals surface area contributed by atoms with E-state index in [1.165, 1.54) is 18.4 Å². The SMILES string of the molecule is NCC(O)c1cccc(C2CCNCC2)c1. The number of aliphatic hydroxyl groups is 1. The van der Waals surface area contributed by atoms with Gasteiger partial charge in [0, 0.05) is 6.54 Å². The van der Waals surface area contributed by atoms with Crippen LogP contribution in [-0.4, -0.2) is 24.7 Å². The fraction of sp³-hybridized carbons (Fsp3) is 0.538. The number of hydrogen-bond acceptors (Lipinski definition) is 3. The first-order valence-electron chi connectivity index (χ1n) is 6.00. The van der Waals surface area contributed by atoms with Crippen LogP contribution in [0.15, 0.2) is 24.3 Å². The largest absolute Gasteiger partial charge is 0.387 e. The van der Waals surface area contributed by atoms with Gasteiger partial charge in [0.05, 0.1) is 6.10 Å². The van der Waals surface area contributed by atoms with Crippen molar-refractivity contribution in [2.45, 2.75) is 24.9 Å². The molecule has 0 aliphatic carbocycles. The summed E-state index contributed by atoms with van der Waals surface area (Å²) in [6.45, 7) is 2.47. The molecule has 88 valence electrons. The van der Waals surface area contributed by atoms with Gasteiger partial charge >= 0.3 is 0 Å². The van der Waals surface area contributed by atoms with Crippen LogP contribution in [0.2, 0.25) is 0 Å². The summed E-state index contributed by atoms with van der Waals surface area (Å²) in [6.07, 6.45) is 1.84. The Bertz CT molecular complexity index is 334. The molecule has 1 aliphatic heterocycles. The van der Waals surface area contributed by atoms with Crippen molar-refractivity contribution in [2.24, 2.45) is 5.73 Å². The third-order valence-corrected chi connectivity index (χ3v) is 3.33. The molecule has 1 atom stereocenters. The lowest BCUT2D eigenvalue weighted by atomic mass is 9.89. The van der Waals surface area contributed by atoms with Gasteiger partial charge in [-0.1, -0.05) is 24.3 Å². The normalized spacial score (nSPS) is 19.6. The molecular formula is C13H20N2O. The highest BCUT2D eigenvalue weighted by molar-refractivity contribution is 5.28. The van der Waals surface area contributed by atoms with Crippen molar-refractivity contribution in [1.29, 1.82) is 0 Å². The minimum absolute atomic E-state index is 0.287. The van der Waals surface area contributed by atoms with Gasteiger partial charge in [-0.25, -0.2) is 0 Å². The van der Waals surface area contributed by atoms with E-state index < -0.39 is 6.10 Å². The number of rotatable bonds is 3. The van der Waals surface area contributed by atoms with E-state index >= 15 is 0 Å². The summed E-state index contributed by atoms with van der Waals surface area (Å²) < 4.78 is 0. The van der Waals surface area contributed by atoms with E-state index in [0.717, 1.165) is 18.7 Å². The van der Waals surface area contributed by atoms with Crippen LogP contribution < -0.4 is 11.1 Å². The van der Waals surface area contributed by atoms with Crippen molar-refractivity contribution in [3.63, 3.8) is 0 Å². The molecule has 3 heteroatoms. The Labute approximate surface area is 96.7 Å². The summed E-state index contributed by atoms with van der Waals surface area (Å²) in [5.74, 6) is 0.631. The van der Waals surface area contributed by atoms with Crippen LogP contribution >= 0.6 is 0 Å². The number of aliphatic hydroxyl groups excluding tert-OH is 1. The molecule has 1 saturated heterocycles. The van der Waals surface area contributed by atoms with E-state index in [4.69, 9.17) is 5.73 Å². The molecule has 1 aromatic rings. The molecular weight excluding hydrogens is 200 g/mol. The number of piperidine rings is 1. The molecule has 3 nitrogen and oxygen atoms in total. The molecule has 1 unspecified atom stereocenters. The Morgan fingerprint density at radius 2 is 2.12 bits per heavy atom. The number of hydrogen-bond donors (Lipinski definition) is 3. The summed E-state index contributed by atoms with van der Waals surface area (Å²) in [5.41, 5.74) is 7.76. The highest BCUT2D eigenvalue weighted by Gasteiger charge is 2.16. The van der Waals surface area contributed by atoms with E-state index in [1.54, 1.807) is 0 Å². The fourth-order valence-corrected chi connectivity index (χ4v) is 2.31. The van der Waals surface area contributed by atoms with Crippen molar-refractivity contribution < 1.29 is 5.11 Å². The van der Waals surface area contributed by atoms with E-state index in [-0.39, 0.29) is 6.54 Å². The van der Waals surface area contributed by atoms with Gasteiger partial charge in [0.25, 0.3) is 0 Å². The molecule has 0 saturated carbocycles. The van der Waals surface area contributed by atoms with Gasteiger partial charge in [-0.15, -0.1) is 0 Å². The monoisotopic (exact) mass is 220 g/mol. The summed E-state index contributed by atoms with van der Waals surface area (Å²) in [6, 6.07) is 8.23. The topological polar surface area (TPSA) is 58.3 Å². The molecule has 1 aromatic carbocycles. The van der Waals surface area contributed by atoms with Gasteiger partial charge in [0.1, 0.15) is 0 Å². The lowest BCUT2D eigenvalue weighted by Crippen LogP contribution is -2.26. The zero-order chi connectivity index (χ0) is 11.4. The molecule has 16 heavy (non-hydrogen) atoms. The number of nitrogens with two attached hydrogens (primary N) is 1. The Morgan fingerprint density at radius 3 is 2.81 bits per heavy atom. The number of benzene rings is 1. The summed E-state index contributed by atoms with van der Waals surface area (Å²) in [5, 5.41) is 13.1.